The van der Waals surface area contributed by atoms with E-state index in [0.29, 0.717) is 0 Å². The Bertz CT molecular complexity index is 447. The van der Waals surface area contributed by atoms with Gasteiger partial charge in [-0.2, -0.15) is 0 Å². The van der Waals surface area contributed by atoms with Gasteiger partial charge in [0.2, 0.25) is 0 Å². The summed E-state index contributed by atoms with van der Waals surface area (Å²) in [5, 5.41) is 0. The first-order chi connectivity index (χ1) is 11.5. The quantitative estimate of drug-likeness (QED) is 0.363. The molecule has 0 saturated carbocycles. The van der Waals surface area contributed by atoms with Crippen molar-refractivity contribution in [1.29, 1.82) is 0 Å². The Balaban J connectivity index is 5.80. The molecule has 0 radical (unpaired) electrons. The van der Waals surface area contributed by atoms with Crippen LogP contribution in [0, 0.1) is 0 Å². The highest BCUT2D eigenvalue weighted by molar-refractivity contribution is 6.90. The van der Waals surface area contributed by atoms with Gasteiger partial charge >= 0.3 is 17.6 Å². The summed E-state index contributed by atoms with van der Waals surface area (Å²) in [5.41, 5.74) is 0. The van der Waals surface area contributed by atoms with Gasteiger partial charge in [-0.05, 0) is 91.7 Å². The predicted molar refractivity (Wildman–Crippen MR) is 132 cm³/mol. The normalized spacial score (nSPS) is 15.8. The molecular formula is C14H44O6Si7. The molecule has 6 nitrogen and oxygen atoms in total. The summed E-state index contributed by atoms with van der Waals surface area (Å²) in [6, 6.07) is 0. The largest absolute Gasteiger partial charge is 0.639 e. The molecule has 0 aliphatic heterocycles. The van der Waals surface area contributed by atoms with E-state index in [1.165, 1.54) is 0 Å². The lowest BCUT2D eigenvalue weighted by Gasteiger charge is -2.43. The van der Waals surface area contributed by atoms with Gasteiger partial charge in [0.05, 0.1) is 0 Å². The maximum Gasteiger partial charge on any atom is 0.639 e. The van der Waals surface area contributed by atoms with Gasteiger partial charge in [-0.25, -0.2) is 0 Å². The molecule has 0 heterocycles. The summed E-state index contributed by atoms with van der Waals surface area (Å²) in [6.45, 7) is 30.0. The minimum atomic E-state index is -3.36. The van der Waals surface area contributed by atoms with E-state index < -0.39 is 60.9 Å². The molecule has 0 amide bonds. The van der Waals surface area contributed by atoms with Crippen molar-refractivity contribution in [2.75, 3.05) is 0 Å². The van der Waals surface area contributed by atoms with Crippen LogP contribution >= 0.6 is 0 Å². The predicted octanol–water partition coefficient (Wildman–Crippen LogP) is 4.56. The van der Waals surface area contributed by atoms with Crippen LogP contribution in [0.5, 0.6) is 0 Å². The van der Waals surface area contributed by atoms with Crippen LogP contribution in [0.4, 0.5) is 0 Å². The lowest BCUT2D eigenvalue weighted by atomic mass is 11.8. The van der Waals surface area contributed by atoms with Crippen LogP contribution in [0.2, 0.25) is 91.7 Å². The fourth-order valence-electron chi connectivity index (χ4n) is 2.24. The van der Waals surface area contributed by atoms with Crippen LogP contribution in [0.25, 0.3) is 0 Å². The molecule has 164 valence electrons. The number of hydrogen-bond donors (Lipinski definition) is 0. The zero-order valence-corrected chi connectivity index (χ0v) is 27.6. The molecule has 0 bridgehead atoms. The van der Waals surface area contributed by atoms with E-state index in [4.69, 9.17) is 24.7 Å². The van der Waals surface area contributed by atoms with E-state index in [1.54, 1.807) is 0 Å². The molecule has 0 atom stereocenters. The highest BCUT2D eigenvalue weighted by Gasteiger charge is 2.55. The van der Waals surface area contributed by atoms with E-state index in [2.05, 4.69) is 91.7 Å². The van der Waals surface area contributed by atoms with Crippen molar-refractivity contribution in [1.82, 2.24) is 0 Å². The number of hydrogen-bond acceptors (Lipinski definition) is 6. The zero-order chi connectivity index (χ0) is 21.9. The van der Waals surface area contributed by atoms with Gasteiger partial charge in [0.25, 0.3) is 10.0 Å². The van der Waals surface area contributed by atoms with Crippen LogP contribution in [-0.4, -0.2) is 60.9 Å². The molecule has 0 aliphatic rings. The summed E-state index contributed by atoms with van der Waals surface area (Å²) < 4.78 is 38.6. The molecule has 0 aromatic heterocycles. The van der Waals surface area contributed by atoms with Crippen molar-refractivity contribution in [3.8, 4) is 0 Å². The van der Waals surface area contributed by atoms with Gasteiger partial charge in [0.1, 0.15) is 0 Å². The van der Waals surface area contributed by atoms with Crippen LogP contribution < -0.4 is 0 Å². The minimum Gasteiger partial charge on any atom is -0.441 e. The molecule has 0 spiro atoms. The van der Waals surface area contributed by atoms with Gasteiger partial charge in [0.15, 0.2) is 33.3 Å². The highest BCUT2D eigenvalue weighted by atomic mass is 28.5. The SMILES string of the molecule is C[Si](C)(C)O[SiH2]O[Si](O[Si](C)(C)C)(O[Si](C)(C)C)O[Si](C)(C)O[Si](C)(C)C. The summed E-state index contributed by atoms with van der Waals surface area (Å²) in [7, 11) is -14.5. The van der Waals surface area contributed by atoms with E-state index in [9.17, 15) is 0 Å². The van der Waals surface area contributed by atoms with Gasteiger partial charge in [0, 0.05) is 0 Å². The van der Waals surface area contributed by atoms with Crippen LogP contribution in [0.15, 0.2) is 0 Å². The fraction of sp³-hybridized carbons (Fsp3) is 1.00. The standard InChI is InChI=1S/C14H44O6Si7/c1-22(2,3)15-21-16-27(18-24(7,8)9,19-25(10,11)12)20-26(13,14)17-23(4,5)6/h21H2,1-14H3. The highest BCUT2D eigenvalue weighted by Crippen LogP contribution is 2.28. The van der Waals surface area contributed by atoms with Gasteiger partial charge < -0.3 is 24.7 Å². The first kappa shape index (κ1) is 28.3. The molecule has 0 rings (SSSR count). The summed E-state index contributed by atoms with van der Waals surface area (Å²) in [5.74, 6) is 0. The second kappa shape index (κ2) is 9.61. The lowest BCUT2D eigenvalue weighted by Crippen LogP contribution is -2.65. The molecule has 0 N–H and O–H groups in total. The van der Waals surface area contributed by atoms with Gasteiger partial charge in [-0.3, -0.25) is 0 Å². The Morgan fingerprint density at radius 2 is 0.778 bits per heavy atom. The summed E-state index contributed by atoms with van der Waals surface area (Å²) in [6.07, 6.45) is 0. The second-order valence-electron chi connectivity index (χ2n) is 11.2. The van der Waals surface area contributed by atoms with E-state index in [0.717, 1.165) is 0 Å². The molecule has 0 aromatic rings. The van der Waals surface area contributed by atoms with Crippen molar-refractivity contribution in [3.63, 3.8) is 0 Å². The summed E-state index contributed by atoms with van der Waals surface area (Å²) >= 11 is 0. The van der Waals surface area contributed by atoms with Gasteiger partial charge in [-0.15, -0.1) is 0 Å². The zero-order valence-electron chi connectivity index (χ0n) is 20.2. The molecule has 0 unspecified atom stereocenters. The van der Waals surface area contributed by atoms with Crippen molar-refractivity contribution >= 4 is 60.9 Å². The first-order valence-corrected chi connectivity index (χ1v) is 28.9. The Hall–Kier alpha value is 1.28. The van der Waals surface area contributed by atoms with Crippen LogP contribution in [0.1, 0.15) is 0 Å². The topological polar surface area (TPSA) is 55.4 Å². The smallest absolute Gasteiger partial charge is 0.441 e. The molecule has 0 fully saturated rings. The maximum absolute atomic E-state index is 6.63. The van der Waals surface area contributed by atoms with Crippen molar-refractivity contribution < 1.29 is 24.7 Å². The third-order valence-electron chi connectivity index (χ3n) is 2.51. The third-order valence-corrected chi connectivity index (χ3v) is 22.6. The third kappa shape index (κ3) is 15.7. The Kier molecular flexibility index (Phi) is 10.1. The van der Waals surface area contributed by atoms with E-state index in [-0.39, 0.29) is 0 Å². The van der Waals surface area contributed by atoms with Crippen molar-refractivity contribution in [3.05, 3.63) is 0 Å². The van der Waals surface area contributed by atoms with Crippen molar-refractivity contribution in [2.45, 2.75) is 91.7 Å². The average molecular weight is 505 g/mol. The molecular weight excluding hydrogens is 461 g/mol. The Labute approximate surface area is 177 Å². The Morgan fingerprint density at radius 3 is 1.07 bits per heavy atom. The van der Waals surface area contributed by atoms with Crippen molar-refractivity contribution in [2.24, 2.45) is 0 Å². The first-order valence-electron chi connectivity index (χ1n) is 9.62. The van der Waals surface area contributed by atoms with E-state index >= 15 is 0 Å². The lowest BCUT2D eigenvalue weighted by molar-refractivity contribution is 0.133. The Morgan fingerprint density at radius 1 is 0.407 bits per heavy atom. The summed E-state index contributed by atoms with van der Waals surface area (Å²) in [4.78, 5) is 0. The number of rotatable bonds is 12. The monoisotopic (exact) mass is 504 g/mol. The second-order valence-corrected chi connectivity index (χ2v) is 37.7. The van der Waals surface area contributed by atoms with E-state index in [1.807, 2.05) is 0 Å². The van der Waals surface area contributed by atoms with Crippen LogP contribution in [-0.2, 0) is 24.7 Å². The fourth-order valence-corrected chi connectivity index (χ4v) is 23.8. The molecule has 0 saturated heterocycles. The molecule has 0 aliphatic carbocycles. The van der Waals surface area contributed by atoms with Crippen LogP contribution in [0.3, 0.4) is 0 Å². The molecule has 27 heavy (non-hydrogen) atoms. The minimum absolute atomic E-state index is 1.27. The maximum atomic E-state index is 6.63. The van der Waals surface area contributed by atoms with Gasteiger partial charge in [-0.1, -0.05) is 0 Å². The molecule has 0 aromatic carbocycles. The molecule has 13 heteroatoms. The average Bonchev–Trinajstić information content (AvgIpc) is 2.15.